The van der Waals surface area contributed by atoms with Crippen molar-refractivity contribution in [3.8, 4) is 5.75 Å². The minimum Gasteiger partial charge on any atom is -0.496 e. The zero-order valence-electron chi connectivity index (χ0n) is 12.4. The fourth-order valence-electron chi connectivity index (χ4n) is 1.96. The topological polar surface area (TPSA) is 75.6 Å². The number of benzene rings is 1. The number of carboxylic acids is 1. The molecule has 5 nitrogen and oxygen atoms in total. The molecule has 0 aliphatic heterocycles. The molecule has 6 heteroatoms. The van der Waals surface area contributed by atoms with Crippen LogP contribution in [0.15, 0.2) is 22.7 Å². The number of ether oxygens (including phenoxy) is 1. The summed E-state index contributed by atoms with van der Waals surface area (Å²) in [6.45, 7) is 3.62. The summed E-state index contributed by atoms with van der Waals surface area (Å²) in [5, 5.41) is 11.6. The number of carbonyl (C=O) groups is 2. The van der Waals surface area contributed by atoms with Gasteiger partial charge in [-0.05, 0) is 38.5 Å². The van der Waals surface area contributed by atoms with Gasteiger partial charge in [0.2, 0.25) is 5.91 Å². The number of carboxylic acid groups (broad SMARTS) is 1. The number of hydrogen-bond donors (Lipinski definition) is 2. The number of nitrogens with one attached hydrogen (secondary N) is 1. The molecule has 0 aromatic heterocycles. The highest BCUT2D eigenvalue weighted by Crippen LogP contribution is 2.23. The Hall–Kier alpha value is -1.56. The van der Waals surface area contributed by atoms with Gasteiger partial charge in [0.05, 0.1) is 13.5 Å². The molecule has 0 radical (unpaired) electrons. The molecule has 0 atom stereocenters. The average molecular weight is 358 g/mol. The van der Waals surface area contributed by atoms with Gasteiger partial charge >= 0.3 is 5.97 Å². The Balaban J connectivity index is 2.69. The summed E-state index contributed by atoms with van der Waals surface area (Å²) < 4.78 is 6.10. The molecule has 0 aliphatic carbocycles. The van der Waals surface area contributed by atoms with Crippen LogP contribution in [0.4, 0.5) is 0 Å². The first-order chi connectivity index (χ1) is 9.73. The summed E-state index contributed by atoms with van der Waals surface area (Å²) >= 11 is 3.37. The predicted octanol–water partition coefficient (Wildman–Crippen LogP) is 2.76. The molecule has 1 rings (SSSR count). The van der Waals surface area contributed by atoms with Crippen molar-refractivity contribution in [1.82, 2.24) is 5.32 Å². The highest BCUT2D eigenvalue weighted by atomic mass is 79.9. The summed E-state index contributed by atoms with van der Waals surface area (Å²) in [6.07, 6.45) is 0.580. The van der Waals surface area contributed by atoms with Gasteiger partial charge in [-0.3, -0.25) is 9.59 Å². The second kappa shape index (κ2) is 7.45. The fraction of sp³-hybridized carbons (Fsp3) is 0.467. The number of aliphatic carboxylic acids is 1. The van der Waals surface area contributed by atoms with E-state index in [1.807, 2.05) is 26.0 Å². The fourth-order valence-corrected chi connectivity index (χ4v) is 2.37. The molecule has 0 saturated carbocycles. The third-order valence-corrected chi connectivity index (χ3v) is 3.53. The van der Waals surface area contributed by atoms with Crippen molar-refractivity contribution in [2.24, 2.45) is 0 Å². The zero-order valence-corrected chi connectivity index (χ0v) is 14.0. The van der Waals surface area contributed by atoms with Gasteiger partial charge in [0, 0.05) is 22.0 Å². The molecule has 0 spiro atoms. The maximum absolute atomic E-state index is 12.1. The number of hydrogen-bond acceptors (Lipinski definition) is 3. The van der Waals surface area contributed by atoms with E-state index in [4.69, 9.17) is 9.84 Å². The second-order valence-electron chi connectivity index (χ2n) is 5.46. The quantitative estimate of drug-likeness (QED) is 0.786. The van der Waals surface area contributed by atoms with Crippen LogP contribution < -0.4 is 10.1 Å². The molecule has 2 N–H and O–H groups in total. The van der Waals surface area contributed by atoms with E-state index in [0.29, 0.717) is 12.2 Å². The van der Waals surface area contributed by atoms with Gasteiger partial charge in [-0.2, -0.15) is 0 Å². The normalized spacial score (nSPS) is 11.0. The van der Waals surface area contributed by atoms with Crippen LogP contribution >= 0.6 is 15.9 Å². The Morgan fingerprint density at radius 2 is 2.05 bits per heavy atom. The van der Waals surface area contributed by atoms with E-state index in [9.17, 15) is 9.59 Å². The number of amides is 1. The molecule has 116 valence electrons. The van der Waals surface area contributed by atoms with Crippen LogP contribution in [0.25, 0.3) is 0 Å². The van der Waals surface area contributed by atoms with Crippen LogP contribution in [0.3, 0.4) is 0 Å². The monoisotopic (exact) mass is 357 g/mol. The Labute approximate surface area is 132 Å². The van der Waals surface area contributed by atoms with Gasteiger partial charge in [0.25, 0.3) is 0 Å². The molecule has 0 bridgehead atoms. The van der Waals surface area contributed by atoms with Gasteiger partial charge in [0.15, 0.2) is 0 Å². The lowest BCUT2D eigenvalue weighted by molar-refractivity contribution is -0.137. The second-order valence-corrected chi connectivity index (χ2v) is 6.37. The van der Waals surface area contributed by atoms with E-state index < -0.39 is 11.5 Å². The van der Waals surface area contributed by atoms with Crippen molar-refractivity contribution in [3.05, 3.63) is 28.2 Å². The van der Waals surface area contributed by atoms with Crippen LogP contribution in [-0.4, -0.2) is 29.6 Å². The van der Waals surface area contributed by atoms with E-state index in [0.717, 1.165) is 10.0 Å². The van der Waals surface area contributed by atoms with Crippen molar-refractivity contribution in [1.29, 1.82) is 0 Å². The lowest BCUT2D eigenvalue weighted by Crippen LogP contribution is -2.44. The van der Waals surface area contributed by atoms with E-state index in [1.54, 1.807) is 13.2 Å². The summed E-state index contributed by atoms with van der Waals surface area (Å²) in [5.74, 6) is -0.385. The van der Waals surface area contributed by atoms with E-state index in [-0.39, 0.29) is 18.7 Å². The van der Waals surface area contributed by atoms with Crippen molar-refractivity contribution < 1.29 is 19.4 Å². The third kappa shape index (κ3) is 6.16. The van der Waals surface area contributed by atoms with Crippen molar-refractivity contribution in [3.63, 3.8) is 0 Å². The molecule has 0 fully saturated rings. The highest BCUT2D eigenvalue weighted by Gasteiger charge is 2.22. The summed E-state index contributed by atoms with van der Waals surface area (Å²) in [7, 11) is 1.56. The molecule has 1 aromatic carbocycles. The molecule has 0 aliphatic rings. The Kier molecular flexibility index (Phi) is 6.20. The van der Waals surface area contributed by atoms with Crippen LogP contribution in [-0.2, 0) is 16.0 Å². The molecular formula is C15H20BrNO4. The van der Waals surface area contributed by atoms with Gasteiger partial charge in [-0.1, -0.05) is 15.9 Å². The lowest BCUT2D eigenvalue weighted by Gasteiger charge is -2.25. The Morgan fingerprint density at radius 3 is 2.62 bits per heavy atom. The van der Waals surface area contributed by atoms with Crippen molar-refractivity contribution in [2.45, 2.75) is 38.6 Å². The molecule has 0 unspecified atom stereocenters. The number of halogens is 1. The molecule has 1 amide bonds. The molecule has 0 heterocycles. The van der Waals surface area contributed by atoms with Gasteiger partial charge in [-0.15, -0.1) is 0 Å². The van der Waals surface area contributed by atoms with Gasteiger partial charge in [-0.25, -0.2) is 0 Å². The van der Waals surface area contributed by atoms with Gasteiger partial charge < -0.3 is 15.2 Å². The van der Waals surface area contributed by atoms with Crippen LogP contribution in [0.2, 0.25) is 0 Å². The molecular weight excluding hydrogens is 338 g/mol. The average Bonchev–Trinajstić information content (AvgIpc) is 2.36. The first-order valence-corrected chi connectivity index (χ1v) is 7.38. The minimum atomic E-state index is -0.869. The van der Waals surface area contributed by atoms with Gasteiger partial charge in [0.1, 0.15) is 5.75 Å². The summed E-state index contributed by atoms with van der Waals surface area (Å²) in [5.41, 5.74) is 0.216. The van der Waals surface area contributed by atoms with Crippen molar-refractivity contribution in [2.75, 3.05) is 7.11 Å². The third-order valence-electron chi connectivity index (χ3n) is 3.04. The van der Waals surface area contributed by atoms with Crippen LogP contribution in [0.5, 0.6) is 5.75 Å². The largest absolute Gasteiger partial charge is 0.496 e. The zero-order chi connectivity index (χ0) is 16.0. The lowest BCUT2D eigenvalue weighted by atomic mass is 9.97. The maximum Gasteiger partial charge on any atom is 0.303 e. The molecule has 21 heavy (non-hydrogen) atoms. The van der Waals surface area contributed by atoms with E-state index in [1.165, 1.54) is 0 Å². The molecule has 1 aromatic rings. The summed E-state index contributed by atoms with van der Waals surface area (Å²) in [4.78, 5) is 22.7. The maximum atomic E-state index is 12.1. The smallest absolute Gasteiger partial charge is 0.303 e. The number of methoxy groups -OCH3 is 1. The van der Waals surface area contributed by atoms with Crippen molar-refractivity contribution >= 4 is 27.8 Å². The predicted molar refractivity (Wildman–Crippen MR) is 83.5 cm³/mol. The van der Waals surface area contributed by atoms with Crippen LogP contribution in [0, 0.1) is 0 Å². The standard InChI is InChI=1S/C15H20BrNO4/c1-15(2,7-6-14(19)20)17-13(18)9-10-8-11(16)4-5-12(10)21-3/h4-5,8H,6-7,9H2,1-3H3,(H,17,18)(H,19,20). The molecule has 0 saturated heterocycles. The first-order valence-electron chi connectivity index (χ1n) is 6.59. The first kappa shape index (κ1) is 17.5. The Morgan fingerprint density at radius 1 is 1.38 bits per heavy atom. The number of carbonyl (C=O) groups excluding carboxylic acids is 1. The number of rotatable bonds is 7. The minimum absolute atomic E-state index is 0.0213. The van der Waals surface area contributed by atoms with E-state index in [2.05, 4.69) is 21.2 Å². The van der Waals surface area contributed by atoms with E-state index >= 15 is 0 Å². The summed E-state index contributed by atoms with van der Waals surface area (Å²) in [6, 6.07) is 5.47. The Bertz CT molecular complexity index is 528. The highest BCUT2D eigenvalue weighted by molar-refractivity contribution is 9.10. The SMILES string of the molecule is COc1ccc(Br)cc1CC(=O)NC(C)(C)CCC(=O)O. The van der Waals surface area contributed by atoms with Crippen LogP contribution in [0.1, 0.15) is 32.3 Å².